The van der Waals surface area contributed by atoms with Crippen LogP contribution in [-0.4, -0.2) is 43.5 Å². The number of carbonyl (C=O) groups excluding carboxylic acids is 1. The molecule has 1 fully saturated rings. The summed E-state index contributed by atoms with van der Waals surface area (Å²) < 4.78 is 0. The van der Waals surface area contributed by atoms with Gasteiger partial charge in [-0.15, -0.1) is 12.4 Å². The van der Waals surface area contributed by atoms with Crippen LogP contribution in [0.25, 0.3) is 0 Å². The van der Waals surface area contributed by atoms with Gasteiger partial charge in [0.1, 0.15) is 0 Å². The number of halogens is 1. The predicted molar refractivity (Wildman–Crippen MR) is 79.8 cm³/mol. The highest BCUT2D eigenvalue weighted by molar-refractivity contribution is 5.88. The van der Waals surface area contributed by atoms with Crippen molar-refractivity contribution in [1.82, 2.24) is 10.2 Å². The number of carbonyl (C=O) groups is 1. The molecule has 0 atom stereocenters. The van der Waals surface area contributed by atoms with Gasteiger partial charge in [0.2, 0.25) is 5.91 Å². The van der Waals surface area contributed by atoms with Crippen molar-refractivity contribution in [2.75, 3.05) is 27.2 Å². The van der Waals surface area contributed by atoms with Crippen molar-refractivity contribution in [3.63, 3.8) is 0 Å². The molecule has 19 heavy (non-hydrogen) atoms. The van der Waals surface area contributed by atoms with E-state index in [1.165, 1.54) is 0 Å². The van der Waals surface area contributed by atoms with Gasteiger partial charge in [-0.25, -0.2) is 0 Å². The summed E-state index contributed by atoms with van der Waals surface area (Å²) in [6.45, 7) is 1.82. The van der Waals surface area contributed by atoms with Crippen LogP contribution >= 0.6 is 12.4 Å². The van der Waals surface area contributed by atoms with Gasteiger partial charge in [-0.05, 0) is 31.5 Å². The Morgan fingerprint density at radius 1 is 1.16 bits per heavy atom. The number of hydrogen-bond donors (Lipinski definition) is 1. The van der Waals surface area contributed by atoms with Crippen molar-refractivity contribution in [1.29, 1.82) is 0 Å². The number of likely N-dealkylation sites (N-methyl/N-ethyl adjacent to an activating group) is 1. The van der Waals surface area contributed by atoms with E-state index in [-0.39, 0.29) is 29.2 Å². The van der Waals surface area contributed by atoms with E-state index in [0.717, 1.165) is 31.5 Å². The van der Waals surface area contributed by atoms with E-state index in [2.05, 4.69) is 17.4 Å². The maximum absolute atomic E-state index is 12.5. The Morgan fingerprint density at radius 3 is 2.16 bits per heavy atom. The fourth-order valence-electron chi connectivity index (χ4n) is 2.66. The molecule has 1 aliphatic heterocycles. The van der Waals surface area contributed by atoms with Crippen LogP contribution in [0, 0.1) is 0 Å². The lowest BCUT2D eigenvalue weighted by Gasteiger charge is -2.38. The lowest BCUT2D eigenvalue weighted by molar-refractivity contribution is -0.136. The first-order valence-electron chi connectivity index (χ1n) is 6.15. The largest absolute Gasteiger partial charge is 0.412 e. The lowest BCUT2D eigenvalue weighted by Crippen LogP contribution is -2.50. The molecule has 0 unspecified atom stereocenters. The summed E-state index contributed by atoms with van der Waals surface area (Å²) in [5, 5.41) is 3.33. The fraction of sp³-hybridized carbons (Fsp3) is 0.500. The van der Waals surface area contributed by atoms with E-state index in [0.29, 0.717) is 0 Å². The van der Waals surface area contributed by atoms with Crippen molar-refractivity contribution in [2.45, 2.75) is 18.3 Å². The Hall–Kier alpha value is -1.10. The minimum atomic E-state index is -0.323. The molecule has 0 spiro atoms. The number of rotatable bonds is 2. The number of nitrogens with one attached hydrogen (secondary N) is 1. The monoisotopic (exact) mass is 286 g/mol. The molecule has 1 aromatic rings. The van der Waals surface area contributed by atoms with Crippen LogP contribution in [0.4, 0.5) is 0 Å². The number of benzene rings is 1. The zero-order chi connectivity index (χ0) is 12.3. The molecule has 1 heterocycles. The Labute approximate surface area is 120 Å². The third kappa shape index (κ3) is 3.47. The topological polar surface area (TPSA) is 63.8 Å². The number of hydrogen-bond acceptors (Lipinski definition) is 2. The predicted octanol–water partition coefficient (Wildman–Crippen LogP) is 0.993. The van der Waals surface area contributed by atoms with Crippen LogP contribution in [0.2, 0.25) is 0 Å². The number of amides is 1. The minimum absolute atomic E-state index is 0. The highest BCUT2D eigenvalue weighted by Gasteiger charge is 2.41. The van der Waals surface area contributed by atoms with Gasteiger partial charge in [-0.2, -0.15) is 0 Å². The van der Waals surface area contributed by atoms with Crippen molar-refractivity contribution >= 4 is 18.3 Å². The minimum Gasteiger partial charge on any atom is -0.412 e. The van der Waals surface area contributed by atoms with Crippen LogP contribution in [0.5, 0.6) is 0 Å². The van der Waals surface area contributed by atoms with Gasteiger partial charge in [-0.1, -0.05) is 30.3 Å². The quantitative estimate of drug-likeness (QED) is 0.881. The first-order valence-corrected chi connectivity index (χ1v) is 6.15. The van der Waals surface area contributed by atoms with E-state index < -0.39 is 0 Å². The average Bonchev–Trinajstić information content (AvgIpc) is 2.39. The van der Waals surface area contributed by atoms with Crippen molar-refractivity contribution in [3.05, 3.63) is 35.9 Å². The zero-order valence-electron chi connectivity index (χ0n) is 11.5. The summed E-state index contributed by atoms with van der Waals surface area (Å²) in [6, 6.07) is 10.2. The Kier molecular flexibility index (Phi) is 7.05. The summed E-state index contributed by atoms with van der Waals surface area (Å²) in [5.74, 6) is 0.227. The Morgan fingerprint density at radius 2 is 1.68 bits per heavy atom. The average molecular weight is 287 g/mol. The maximum Gasteiger partial charge on any atom is 0.232 e. The van der Waals surface area contributed by atoms with Crippen molar-refractivity contribution in [3.8, 4) is 0 Å². The van der Waals surface area contributed by atoms with Gasteiger partial charge in [0, 0.05) is 14.1 Å². The molecule has 0 bridgehead atoms. The first-order chi connectivity index (χ1) is 8.17. The highest BCUT2D eigenvalue weighted by Crippen LogP contribution is 2.34. The SMILES string of the molecule is CN(C)C(=O)C1(c2ccccc2)CCNCC1.Cl.O. The Balaban J connectivity index is 0.00000162. The van der Waals surface area contributed by atoms with Crippen LogP contribution in [-0.2, 0) is 10.2 Å². The van der Waals surface area contributed by atoms with Crippen LogP contribution < -0.4 is 5.32 Å². The summed E-state index contributed by atoms with van der Waals surface area (Å²) in [5.41, 5.74) is 0.830. The molecule has 1 saturated heterocycles. The van der Waals surface area contributed by atoms with Crippen LogP contribution in [0.1, 0.15) is 18.4 Å². The molecule has 0 saturated carbocycles. The van der Waals surface area contributed by atoms with E-state index in [9.17, 15) is 4.79 Å². The number of nitrogens with zero attached hydrogens (tertiary/aromatic N) is 1. The second kappa shape index (κ2) is 7.48. The summed E-state index contributed by atoms with van der Waals surface area (Å²) in [7, 11) is 3.68. The number of piperidine rings is 1. The molecule has 5 heteroatoms. The molecule has 1 aliphatic rings. The van der Waals surface area contributed by atoms with Gasteiger partial charge in [0.25, 0.3) is 0 Å². The molecule has 2 rings (SSSR count). The standard InChI is InChI=1S/C14H20N2O.ClH.H2O/c1-16(2)13(17)14(8-10-15-11-9-14)12-6-4-3-5-7-12;;/h3-7,15H,8-11H2,1-2H3;1H;1H2. The molecule has 1 amide bonds. The maximum atomic E-state index is 12.5. The van der Waals surface area contributed by atoms with Crippen LogP contribution in [0.15, 0.2) is 30.3 Å². The molecular formula is C14H23ClN2O2. The third-order valence-electron chi connectivity index (χ3n) is 3.60. The van der Waals surface area contributed by atoms with Gasteiger partial charge < -0.3 is 15.7 Å². The Bertz CT molecular complexity index is 390. The molecule has 1 aromatic carbocycles. The lowest BCUT2D eigenvalue weighted by atomic mass is 9.72. The van der Waals surface area contributed by atoms with Gasteiger partial charge >= 0.3 is 0 Å². The summed E-state index contributed by atoms with van der Waals surface area (Å²) >= 11 is 0. The van der Waals surface area contributed by atoms with Crippen molar-refractivity contribution < 1.29 is 10.3 Å². The summed E-state index contributed by atoms with van der Waals surface area (Å²) in [4.78, 5) is 14.2. The molecule has 3 N–H and O–H groups in total. The molecule has 4 nitrogen and oxygen atoms in total. The van der Waals surface area contributed by atoms with Gasteiger partial charge in [0.15, 0.2) is 0 Å². The normalized spacial score (nSPS) is 16.7. The molecule has 0 aromatic heterocycles. The van der Waals surface area contributed by atoms with Gasteiger partial charge in [0.05, 0.1) is 5.41 Å². The van der Waals surface area contributed by atoms with Crippen molar-refractivity contribution in [2.24, 2.45) is 0 Å². The van der Waals surface area contributed by atoms with E-state index in [1.54, 1.807) is 4.90 Å². The smallest absolute Gasteiger partial charge is 0.232 e. The first kappa shape index (κ1) is 17.9. The van der Waals surface area contributed by atoms with E-state index >= 15 is 0 Å². The molecular weight excluding hydrogens is 264 g/mol. The fourth-order valence-corrected chi connectivity index (χ4v) is 2.66. The summed E-state index contributed by atoms with van der Waals surface area (Å²) in [6.07, 6.45) is 1.77. The third-order valence-corrected chi connectivity index (χ3v) is 3.60. The van der Waals surface area contributed by atoms with E-state index in [1.807, 2.05) is 32.3 Å². The van der Waals surface area contributed by atoms with E-state index in [4.69, 9.17) is 0 Å². The second-order valence-corrected chi connectivity index (χ2v) is 4.90. The molecule has 0 radical (unpaired) electrons. The van der Waals surface area contributed by atoms with Crippen LogP contribution in [0.3, 0.4) is 0 Å². The molecule has 0 aliphatic carbocycles. The second-order valence-electron chi connectivity index (χ2n) is 4.90. The zero-order valence-corrected chi connectivity index (χ0v) is 12.3. The highest BCUT2D eigenvalue weighted by atomic mass is 35.5. The molecule has 108 valence electrons. The van der Waals surface area contributed by atoms with Gasteiger partial charge in [-0.3, -0.25) is 4.79 Å².